The van der Waals surface area contributed by atoms with E-state index in [1.165, 1.54) is 60.4 Å². The van der Waals surface area contributed by atoms with Crippen LogP contribution in [0.15, 0.2) is 103 Å². The number of para-hydroxylation sites is 1. The Hall–Kier alpha value is -3.84. The van der Waals surface area contributed by atoms with Gasteiger partial charge in [-0.05, 0) is 47.2 Å². The third kappa shape index (κ3) is 2.26. The quantitative estimate of drug-likeness (QED) is 0.278. The molecule has 0 N–H and O–H groups in total. The number of fused-ring (bicyclic) bond motifs is 6. The van der Waals surface area contributed by atoms with E-state index < -0.39 is 0 Å². The highest BCUT2D eigenvalue weighted by Crippen LogP contribution is 2.44. The molecule has 4 aromatic carbocycles. The fourth-order valence-electron chi connectivity index (χ4n) is 5.49. The first-order valence-corrected chi connectivity index (χ1v) is 11.0. The molecule has 1 aliphatic carbocycles. The smallest absolute Gasteiger partial charge is 0.0620 e. The Kier molecular flexibility index (Phi) is 3.45. The molecule has 0 atom stereocenters. The number of rotatable bonds is 2. The first kappa shape index (κ1) is 16.9. The van der Waals surface area contributed by atoms with Crippen LogP contribution in [0.1, 0.15) is 18.4 Å². The first-order valence-electron chi connectivity index (χ1n) is 11.0. The summed E-state index contributed by atoms with van der Waals surface area (Å²) in [6.07, 6.45) is 9.23. The van der Waals surface area contributed by atoms with Gasteiger partial charge in [0.2, 0.25) is 0 Å². The predicted octanol–water partition coefficient (Wildman–Crippen LogP) is 8.24. The van der Waals surface area contributed by atoms with Gasteiger partial charge in [-0.1, -0.05) is 91.0 Å². The van der Waals surface area contributed by atoms with Gasteiger partial charge in [0.05, 0.1) is 16.6 Å². The van der Waals surface area contributed by atoms with Crippen molar-refractivity contribution in [3.8, 4) is 11.1 Å². The van der Waals surface area contributed by atoms with Crippen LogP contribution in [0.4, 0.5) is 0 Å². The molecule has 0 saturated heterocycles. The summed E-state index contributed by atoms with van der Waals surface area (Å²) in [6, 6.07) is 31.0. The molecule has 0 spiro atoms. The van der Waals surface area contributed by atoms with Crippen molar-refractivity contribution in [3.05, 3.63) is 109 Å². The van der Waals surface area contributed by atoms with E-state index in [9.17, 15) is 0 Å². The van der Waals surface area contributed by atoms with Gasteiger partial charge >= 0.3 is 0 Å². The molecule has 6 aromatic rings. The summed E-state index contributed by atoms with van der Waals surface area (Å²) >= 11 is 0. The average molecular weight is 396 g/mol. The van der Waals surface area contributed by atoms with Crippen molar-refractivity contribution in [2.45, 2.75) is 12.8 Å². The average Bonchev–Trinajstić information content (AvgIpc) is 3.37. The summed E-state index contributed by atoms with van der Waals surface area (Å²) in [5, 5.41) is 5.40. The number of aromatic nitrogens is 1. The molecule has 146 valence electrons. The molecule has 0 amide bonds. The fraction of sp³-hybridized carbons (Fsp3) is 0.0667. The minimum Gasteiger partial charge on any atom is -0.308 e. The zero-order valence-corrected chi connectivity index (χ0v) is 17.2. The van der Waals surface area contributed by atoms with Crippen molar-refractivity contribution in [3.63, 3.8) is 0 Å². The SMILES string of the molecule is C1=CC(c2cccc3c2c2cccc4c5c(-c6ccccc6)cccc5n3c24)=CCC1. The van der Waals surface area contributed by atoms with E-state index in [-0.39, 0.29) is 0 Å². The van der Waals surface area contributed by atoms with E-state index in [0.29, 0.717) is 0 Å². The molecule has 0 aliphatic heterocycles. The van der Waals surface area contributed by atoms with E-state index in [0.717, 1.165) is 12.8 Å². The summed E-state index contributed by atoms with van der Waals surface area (Å²) in [5.41, 5.74) is 9.18. The van der Waals surface area contributed by atoms with Crippen molar-refractivity contribution in [1.82, 2.24) is 4.40 Å². The van der Waals surface area contributed by atoms with Crippen LogP contribution in [0.5, 0.6) is 0 Å². The number of benzene rings is 4. The zero-order chi connectivity index (χ0) is 20.4. The molecule has 0 bridgehead atoms. The molecule has 0 radical (unpaired) electrons. The molecule has 7 rings (SSSR count). The van der Waals surface area contributed by atoms with Crippen LogP contribution in [0.2, 0.25) is 0 Å². The summed E-state index contributed by atoms with van der Waals surface area (Å²) in [6.45, 7) is 0. The van der Waals surface area contributed by atoms with Crippen LogP contribution in [-0.4, -0.2) is 4.40 Å². The van der Waals surface area contributed by atoms with Crippen LogP contribution < -0.4 is 0 Å². The van der Waals surface area contributed by atoms with Gasteiger partial charge in [-0.25, -0.2) is 0 Å². The lowest BCUT2D eigenvalue weighted by molar-refractivity contribution is 1.04. The summed E-state index contributed by atoms with van der Waals surface area (Å²) in [5.74, 6) is 0. The molecular weight excluding hydrogens is 374 g/mol. The van der Waals surface area contributed by atoms with E-state index in [4.69, 9.17) is 0 Å². The van der Waals surface area contributed by atoms with E-state index in [1.807, 2.05) is 0 Å². The second-order valence-electron chi connectivity index (χ2n) is 8.44. The number of allylic oxidation sites excluding steroid dienone is 4. The number of hydrogen-bond donors (Lipinski definition) is 0. The standard InChI is InChI=1S/C30H21N/c1-3-10-20(11-4-1)22-14-8-18-26-28(22)24-16-7-17-25-29-23(21-12-5-2-6-13-21)15-9-19-27(29)31(26)30(24)25/h1,3-5,7-19H,2,6H2. The van der Waals surface area contributed by atoms with Gasteiger partial charge in [-0.15, -0.1) is 0 Å². The van der Waals surface area contributed by atoms with Crippen molar-refractivity contribution >= 4 is 43.7 Å². The van der Waals surface area contributed by atoms with Gasteiger partial charge in [-0.3, -0.25) is 0 Å². The van der Waals surface area contributed by atoms with Gasteiger partial charge in [0.15, 0.2) is 0 Å². The van der Waals surface area contributed by atoms with Crippen LogP contribution in [0.3, 0.4) is 0 Å². The molecular formula is C30H21N. The van der Waals surface area contributed by atoms with E-state index >= 15 is 0 Å². The van der Waals surface area contributed by atoms with Crippen LogP contribution >= 0.6 is 0 Å². The van der Waals surface area contributed by atoms with Crippen molar-refractivity contribution in [2.24, 2.45) is 0 Å². The molecule has 2 heterocycles. The van der Waals surface area contributed by atoms with Crippen LogP contribution in [0, 0.1) is 0 Å². The van der Waals surface area contributed by atoms with E-state index in [1.54, 1.807) is 0 Å². The van der Waals surface area contributed by atoms with Gasteiger partial charge in [0, 0.05) is 21.5 Å². The number of hydrogen-bond acceptors (Lipinski definition) is 0. The van der Waals surface area contributed by atoms with Crippen molar-refractivity contribution < 1.29 is 0 Å². The number of nitrogens with zero attached hydrogens (tertiary/aromatic N) is 1. The van der Waals surface area contributed by atoms with E-state index in [2.05, 4.69) is 108 Å². The summed E-state index contributed by atoms with van der Waals surface area (Å²) in [4.78, 5) is 0. The normalized spacial score (nSPS) is 14.3. The third-order valence-corrected chi connectivity index (χ3v) is 6.76. The largest absolute Gasteiger partial charge is 0.308 e. The van der Waals surface area contributed by atoms with Gasteiger partial charge in [0.1, 0.15) is 0 Å². The van der Waals surface area contributed by atoms with Gasteiger partial charge in [-0.2, -0.15) is 0 Å². The van der Waals surface area contributed by atoms with Crippen LogP contribution in [0.25, 0.3) is 54.8 Å². The Morgan fingerprint density at radius 2 is 1.26 bits per heavy atom. The maximum absolute atomic E-state index is 2.48. The molecule has 0 saturated carbocycles. The topological polar surface area (TPSA) is 4.41 Å². The van der Waals surface area contributed by atoms with Gasteiger partial charge < -0.3 is 4.40 Å². The lowest BCUT2D eigenvalue weighted by Crippen LogP contribution is -1.88. The highest BCUT2D eigenvalue weighted by atomic mass is 14.9. The lowest BCUT2D eigenvalue weighted by atomic mass is 9.94. The Morgan fingerprint density at radius 1 is 0.581 bits per heavy atom. The molecule has 0 unspecified atom stereocenters. The first-order chi connectivity index (χ1) is 15.4. The van der Waals surface area contributed by atoms with Crippen molar-refractivity contribution in [2.75, 3.05) is 0 Å². The third-order valence-electron chi connectivity index (χ3n) is 6.76. The highest BCUT2D eigenvalue weighted by molar-refractivity contribution is 6.27. The van der Waals surface area contributed by atoms with Gasteiger partial charge in [0.25, 0.3) is 0 Å². The molecule has 1 aliphatic rings. The summed E-state index contributed by atoms with van der Waals surface area (Å²) < 4.78 is 2.48. The minimum atomic E-state index is 1.12. The van der Waals surface area contributed by atoms with Crippen LogP contribution in [-0.2, 0) is 0 Å². The maximum Gasteiger partial charge on any atom is 0.0620 e. The maximum atomic E-state index is 2.48. The summed E-state index contributed by atoms with van der Waals surface area (Å²) in [7, 11) is 0. The fourth-order valence-corrected chi connectivity index (χ4v) is 5.49. The second-order valence-corrected chi connectivity index (χ2v) is 8.44. The Balaban J connectivity index is 1.67. The molecule has 1 heteroatoms. The molecule has 0 fully saturated rings. The molecule has 31 heavy (non-hydrogen) atoms. The Labute approximate surface area is 180 Å². The second kappa shape index (κ2) is 6.33. The van der Waals surface area contributed by atoms with Crippen molar-refractivity contribution in [1.29, 1.82) is 0 Å². The Bertz CT molecular complexity index is 1660. The monoisotopic (exact) mass is 395 g/mol. The Morgan fingerprint density at radius 3 is 1.97 bits per heavy atom. The minimum absolute atomic E-state index is 1.12. The molecule has 1 nitrogen and oxygen atoms in total. The lowest BCUT2D eigenvalue weighted by Gasteiger charge is -2.10. The predicted molar refractivity (Wildman–Crippen MR) is 133 cm³/mol. The zero-order valence-electron chi connectivity index (χ0n) is 17.2. The highest BCUT2D eigenvalue weighted by Gasteiger charge is 2.21. The molecule has 2 aromatic heterocycles.